The molecule has 0 saturated carbocycles. The van der Waals surface area contributed by atoms with Crippen molar-refractivity contribution in [3.63, 3.8) is 0 Å². The minimum atomic E-state index is 0.108. The number of carbonyl (C=O) groups excluding carboxylic acids is 1. The Morgan fingerprint density at radius 3 is 2.47 bits per heavy atom. The standard InChI is InChI=1S/C13H16INO2/c1-9-7-15(8-10(2)17-9)13(16)11-5-3-4-6-12(11)14/h3-6,9-10H,7-8H2,1-2H3/t9-,10+. The molecule has 1 aromatic carbocycles. The van der Waals surface area contributed by atoms with E-state index in [9.17, 15) is 4.79 Å². The van der Waals surface area contributed by atoms with E-state index in [0.29, 0.717) is 13.1 Å². The maximum atomic E-state index is 12.4. The van der Waals surface area contributed by atoms with Crippen molar-refractivity contribution < 1.29 is 9.53 Å². The molecular weight excluding hydrogens is 329 g/mol. The molecule has 1 fully saturated rings. The number of amides is 1. The third kappa shape index (κ3) is 2.98. The van der Waals surface area contributed by atoms with E-state index in [1.54, 1.807) is 0 Å². The van der Waals surface area contributed by atoms with Gasteiger partial charge in [0, 0.05) is 16.7 Å². The first-order valence-corrected chi connectivity index (χ1v) is 6.85. The molecule has 17 heavy (non-hydrogen) atoms. The SMILES string of the molecule is C[C@@H]1CN(C(=O)c2ccccc2I)C[C@H](C)O1. The van der Waals surface area contributed by atoms with E-state index in [1.807, 2.05) is 43.0 Å². The molecule has 1 aromatic rings. The van der Waals surface area contributed by atoms with Crippen LogP contribution in [0.15, 0.2) is 24.3 Å². The predicted molar refractivity (Wildman–Crippen MR) is 75.1 cm³/mol. The molecule has 0 bridgehead atoms. The Morgan fingerprint density at radius 1 is 1.29 bits per heavy atom. The fourth-order valence-corrected chi connectivity index (χ4v) is 2.77. The maximum Gasteiger partial charge on any atom is 0.255 e. The van der Waals surface area contributed by atoms with Crippen LogP contribution in [0.25, 0.3) is 0 Å². The number of benzene rings is 1. The second-order valence-electron chi connectivity index (χ2n) is 4.45. The zero-order valence-electron chi connectivity index (χ0n) is 10.0. The molecule has 0 radical (unpaired) electrons. The Kier molecular flexibility index (Phi) is 4.04. The Balaban J connectivity index is 2.17. The summed E-state index contributed by atoms with van der Waals surface area (Å²) in [5.41, 5.74) is 0.786. The molecule has 1 amide bonds. The number of hydrogen-bond acceptors (Lipinski definition) is 2. The summed E-state index contributed by atoms with van der Waals surface area (Å²) in [5, 5.41) is 0. The van der Waals surface area contributed by atoms with Gasteiger partial charge >= 0.3 is 0 Å². The van der Waals surface area contributed by atoms with Gasteiger partial charge in [0.2, 0.25) is 0 Å². The van der Waals surface area contributed by atoms with Crippen LogP contribution in [0.2, 0.25) is 0 Å². The highest BCUT2D eigenvalue weighted by Crippen LogP contribution is 2.17. The first-order valence-electron chi connectivity index (χ1n) is 5.77. The number of nitrogens with zero attached hydrogens (tertiary/aromatic N) is 1. The van der Waals surface area contributed by atoms with Gasteiger partial charge in [0.15, 0.2) is 0 Å². The van der Waals surface area contributed by atoms with Crippen LogP contribution in [0, 0.1) is 3.57 Å². The normalized spacial score (nSPS) is 24.8. The first-order chi connectivity index (χ1) is 8.08. The van der Waals surface area contributed by atoms with Crippen LogP contribution in [-0.2, 0) is 4.74 Å². The lowest BCUT2D eigenvalue weighted by atomic mass is 10.1. The van der Waals surface area contributed by atoms with Crippen molar-refractivity contribution in [1.29, 1.82) is 0 Å². The van der Waals surface area contributed by atoms with Crippen LogP contribution >= 0.6 is 22.6 Å². The molecule has 0 aromatic heterocycles. The van der Waals surface area contributed by atoms with E-state index in [4.69, 9.17) is 4.74 Å². The molecule has 0 spiro atoms. The highest BCUT2D eigenvalue weighted by Gasteiger charge is 2.27. The van der Waals surface area contributed by atoms with Gasteiger partial charge in [-0.15, -0.1) is 0 Å². The van der Waals surface area contributed by atoms with E-state index in [2.05, 4.69) is 22.6 Å². The monoisotopic (exact) mass is 345 g/mol. The third-order valence-electron chi connectivity index (χ3n) is 2.81. The lowest BCUT2D eigenvalue weighted by molar-refractivity contribution is -0.0586. The molecule has 0 aliphatic carbocycles. The molecule has 2 atom stereocenters. The summed E-state index contributed by atoms with van der Waals surface area (Å²) < 4.78 is 6.64. The van der Waals surface area contributed by atoms with Crippen molar-refractivity contribution in [2.24, 2.45) is 0 Å². The van der Waals surface area contributed by atoms with Crippen LogP contribution < -0.4 is 0 Å². The lowest BCUT2D eigenvalue weighted by Crippen LogP contribution is -2.48. The van der Waals surface area contributed by atoms with Gasteiger partial charge in [-0.25, -0.2) is 0 Å². The lowest BCUT2D eigenvalue weighted by Gasteiger charge is -2.35. The largest absolute Gasteiger partial charge is 0.372 e. The molecule has 92 valence electrons. The van der Waals surface area contributed by atoms with Gasteiger partial charge in [0.1, 0.15) is 0 Å². The van der Waals surface area contributed by atoms with E-state index in [-0.39, 0.29) is 18.1 Å². The fraction of sp³-hybridized carbons (Fsp3) is 0.462. The number of ether oxygens (including phenoxy) is 1. The Hall–Kier alpha value is -0.620. The molecule has 1 aliphatic rings. The summed E-state index contributed by atoms with van der Waals surface area (Å²) in [7, 11) is 0. The summed E-state index contributed by atoms with van der Waals surface area (Å²) >= 11 is 2.20. The second-order valence-corrected chi connectivity index (χ2v) is 5.61. The highest BCUT2D eigenvalue weighted by molar-refractivity contribution is 14.1. The Bertz CT molecular complexity index is 412. The topological polar surface area (TPSA) is 29.5 Å². The summed E-state index contributed by atoms with van der Waals surface area (Å²) in [6.07, 6.45) is 0.230. The first kappa shape index (κ1) is 12.8. The quantitative estimate of drug-likeness (QED) is 0.732. The van der Waals surface area contributed by atoms with E-state index < -0.39 is 0 Å². The molecule has 2 rings (SSSR count). The fourth-order valence-electron chi connectivity index (χ4n) is 2.15. The minimum absolute atomic E-state index is 0.108. The van der Waals surface area contributed by atoms with Crippen molar-refractivity contribution in [3.8, 4) is 0 Å². The van der Waals surface area contributed by atoms with E-state index in [1.165, 1.54) is 0 Å². The van der Waals surface area contributed by atoms with Crippen LogP contribution in [0.1, 0.15) is 24.2 Å². The molecule has 1 heterocycles. The van der Waals surface area contributed by atoms with Crippen LogP contribution in [0.3, 0.4) is 0 Å². The zero-order chi connectivity index (χ0) is 12.4. The van der Waals surface area contributed by atoms with Crippen LogP contribution in [-0.4, -0.2) is 36.1 Å². The van der Waals surface area contributed by atoms with E-state index >= 15 is 0 Å². The van der Waals surface area contributed by atoms with Crippen LogP contribution in [0.5, 0.6) is 0 Å². The number of carbonyl (C=O) groups is 1. The summed E-state index contributed by atoms with van der Waals surface area (Å²) in [6, 6.07) is 7.70. The van der Waals surface area contributed by atoms with Gasteiger partial charge < -0.3 is 9.64 Å². The molecule has 0 unspecified atom stereocenters. The number of morpholine rings is 1. The van der Waals surface area contributed by atoms with Crippen LogP contribution in [0.4, 0.5) is 0 Å². The minimum Gasteiger partial charge on any atom is -0.372 e. The van der Waals surface area contributed by atoms with Gasteiger partial charge in [-0.3, -0.25) is 4.79 Å². The number of hydrogen-bond donors (Lipinski definition) is 0. The van der Waals surface area contributed by atoms with Gasteiger partial charge in [-0.2, -0.15) is 0 Å². The average molecular weight is 345 g/mol. The summed E-state index contributed by atoms with van der Waals surface area (Å²) in [6.45, 7) is 5.36. The van der Waals surface area contributed by atoms with Gasteiger partial charge in [-0.05, 0) is 48.6 Å². The second kappa shape index (κ2) is 5.35. The Morgan fingerprint density at radius 2 is 1.88 bits per heavy atom. The molecular formula is C13H16INO2. The number of rotatable bonds is 1. The smallest absolute Gasteiger partial charge is 0.255 e. The Labute approximate surface area is 115 Å². The van der Waals surface area contributed by atoms with Gasteiger partial charge in [0.05, 0.1) is 17.8 Å². The third-order valence-corrected chi connectivity index (χ3v) is 3.75. The number of halogens is 1. The molecule has 0 N–H and O–H groups in total. The van der Waals surface area contributed by atoms with Crippen molar-refractivity contribution in [1.82, 2.24) is 4.90 Å². The van der Waals surface area contributed by atoms with Crippen molar-refractivity contribution in [2.75, 3.05) is 13.1 Å². The van der Waals surface area contributed by atoms with E-state index in [0.717, 1.165) is 9.13 Å². The molecule has 1 saturated heterocycles. The van der Waals surface area contributed by atoms with Crippen molar-refractivity contribution in [3.05, 3.63) is 33.4 Å². The molecule has 4 heteroatoms. The molecule has 1 aliphatic heterocycles. The van der Waals surface area contributed by atoms with Gasteiger partial charge in [-0.1, -0.05) is 12.1 Å². The zero-order valence-corrected chi connectivity index (χ0v) is 12.2. The average Bonchev–Trinajstić information content (AvgIpc) is 2.27. The summed E-state index contributed by atoms with van der Waals surface area (Å²) in [4.78, 5) is 14.3. The predicted octanol–water partition coefficient (Wildman–Crippen LogP) is 2.54. The summed E-state index contributed by atoms with van der Waals surface area (Å²) in [5.74, 6) is 0.108. The molecule has 3 nitrogen and oxygen atoms in total. The maximum absolute atomic E-state index is 12.4. The van der Waals surface area contributed by atoms with Crippen molar-refractivity contribution in [2.45, 2.75) is 26.1 Å². The highest BCUT2D eigenvalue weighted by atomic mass is 127. The van der Waals surface area contributed by atoms with Gasteiger partial charge in [0.25, 0.3) is 5.91 Å². The van der Waals surface area contributed by atoms with Crippen molar-refractivity contribution >= 4 is 28.5 Å².